The molecule has 0 saturated carbocycles. The Bertz CT molecular complexity index is 902. The zero-order valence-electron chi connectivity index (χ0n) is 12.5. The van der Waals surface area contributed by atoms with Crippen LogP contribution in [-0.2, 0) is 11.3 Å². The Morgan fingerprint density at radius 3 is 3.09 bits per heavy atom. The van der Waals surface area contributed by atoms with Crippen molar-refractivity contribution in [1.29, 1.82) is 0 Å². The minimum Gasteiger partial charge on any atom is -0.760 e. The molecule has 0 aliphatic carbocycles. The summed E-state index contributed by atoms with van der Waals surface area (Å²) in [6.07, 6.45) is 3.43. The number of hydrogen-bond donors (Lipinski definition) is 2. The number of pyridine rings is 1. The Kier molecular flexibility index (Phi) is 3.45. The van der Waals surface area contributed by atoms with Crippen molar-refractivity contribution in [3.8, 4) is 0 Å². The molecule has 3 aromatic rings. The van der Waals surface area contributed by atoms with E-state index in [4.69, 9.17) is 0 Å². The first kappa shape index (κ1) is 14.8. The monoisotopic (exact) mass is 334 g/mol. The second-order valence-electron chi connectivity index (χ2n) is 5.80. The van der Waals surface area contributed by atoms with Crippen LogP contribution in [-0.4, -0.2) is 50.8 Å². The average molecular weight is 334 g/mol. The minimum atomic E-state index is -2.23. The predicted octanol–water partition coefficient (Wildman–Crippen LogP) is 1.01. The van der Waals surface area contributed by atoms with E-state index in [0.29, 0.717) is 30.9 Å². The van der Waals surface area contributed by atoms with Gasteiger partial charge in [0.25, 0.3) is 0 Å². The van der Waals surface area contributed by atoms with Crippen LogP contribution in [0.15, 0.2) is 18.5 Å². The molecule has 0 bridgehead atoms. The standard InChI is InChI=1S/C14H17N5O3S/c1-8(20)14-17-11-6-16-13-10(2-4-15-13)12(11)19(14)9-3-5-18(7-9)23(21)22/h2,4,6,8-9,20H,3,5,7H2,1H3,(H,15,16)(H,21,22)/p-1/t8-,9?/m1/s1. The van der Waals surface area contributed by atoms with Gasteiger partial charge in [0.15, 0.2) is 0 Å². The summed E-state index contributed by atoms with van der Waals surface area (Å²) in [5.74, 6) is 0.541. The Hall–Kier alpha value is -1.81. The summed E-state index contributed by atoms with van der Waals surface area (Å²) in [5.41, 5.74) is 2.34. The van der Waals surface area contributed by atoms with Crippen molar-refractivity contribution in [1.82, 2.24) is 23.8 Å². The van der Waals surface area contributed by atoms with Gasteiger partial charge in [0.05, 0.1) is 17.8 Å². The van der Waals surface area contributed by atoms with Crippen molar-refractivity contribution in [2.24, 2.45) is 0 Å². The molecular weight excluding hydrogens is 318 g/mol. The number of aliphatic hydroxyl groups excluding tert-OH is 1. The molecule has 0 radical (unpaired) electrons. The third-order valence-electron chi connectivity index (χ3n) is 4.34. The summed E-state index contributed by atoms with van der Waals surface area (Å²) in [6, 6.07) is 1.87. The normalized spacial score (nSPS) is 22.1. The lowest BCUT2D eigenvalue weighted by atomic mass is 10.2. The molecular formula is C14H16N5O3S-. The van der Waals surface area contributed by atoms with Crippen molar-refractivity contribution in [3.63, 3.8) is 0 Å². The largest absolute Gasteiger partial charge is 0.760 e. The summed E-state index contributed by atoms with van der Waals surface area (Å²) in [4.78, 5) is 11.9. The van der Waals surface area contributed by atoms with E-state index >= 15 is 0 Å². The summed E-state index contributed by atoms with van der Waals surface area (Å²) < 4.78 is 25.8. The van der Waals surface area contributed by atoms with Crippen molar-refractivity contribution < 1.29 is 13.9 Å². The van der Waals surface area contributed by atoms with Crippen LogP contribution < -0.4 is 0 Å². The van der Waals surface area contributed by atoms with Crippen LogP contribution in [0, 0.1) is 0 Å². The molecule has 9 heteroatoms. The number of aliphatic hydroxyl groups is 1. The van der Waals surface area contributed by atoms with Gasteiger partial charge in [-0.2, -0.15) is 0 Å². The Labute approximate surface area is 134 Å². The van der Waals surface area contributed by atoms with Crippen LogP contribution >= 0.6 is 0 Å². The van der Waals surface area contributed by atoms with E-state index in [1.54, 1.807) is 13.1 Å². The fraction of sp³-hybridized carbons (Fsp3) is 0.429. The number of nitrogens with zero attached hydrogens (tertiary/aromatic N) is 4. The molecule has 0 spiro atoms. The molecule has 1 saturated heterocycles. The smallest absolute Gasteiger partial charge is 0.139 e. The van der Waals surface area contributed by atoms with Crippen LogP contribution in [0.3, 0.4) is 0 Å². The molecule has 0 aromatic carbocycles. The fourth-order valence-corrected chi connectivity index (χ4v) is 3.88. The number of hydrogen-bond acceptors (Lipinski definition) is 5. The second kappa shape index (κ2) is 5.38. The molecule has 3 aromatic heterocycles. The van der Waals surface area contributed by atoms with Crippen LogP contribution in [0.5, 0.6) is 0 Å². The zero-order valence-corrected chi connectivity index (χ0v) is 13.3. The molecule has 1 aliphatic rings. The van der Waals surface area contributed by atoms with Crippen LogP contribution in [0.2, 0.25) is 0 Å². The lowest BCUT2D eigenvalue weighted by Gasteiger charge is -2.21. The molecule has 122 valence electrons. The van der Waals surface area contributed by atoms with E-state index in [1.807, 2.05) is 16.8 Å². The number of aromatic amines is 1. The van der Waals surface area contributed by atoms with E-state index in [9.17, 15) is 13.9 Å². The van der Waals surface area contributed by atoms with E-state index in [1.165, 1.54) is 4.31 Å². The third kappa shape index (κ3) is 2.27. The maximum atomic E-state index is 11.2. The van der Waals surface area contributed by atoms with Crippen molar-refractivity contribution in [3.05, 3.63) is 24.3 Å². The average Bonchev–Trinajstić information content (AvgIpc) is 3.22. The molecule has 4 heterocycles. The number of imidazole rings is 1. The molecule has 3 atom stereocenters. The highest BCUT2D eigenvalue weighted by atomic mass is 32.2. The molecule has 2 unspecified atom stereocenters. The number of fused-ring (bicyclic) bond motifs is 3. The maximum absolute atomic E-state index is 11.2. The van der Waals surface area contributed by atoms with Gasteiger partial charge in [-0.15, -0.1) is 0 Å². The number of aromatic nitrogens is 4. The molecule has 1 fully saturated rings. The zero-order chi connectivity index (χ0) is 16.1. The highest BCUT2D eigenvalue weighted by Crippen LogP contribution is 2.33. The maximum Gasteiger partial charge on any atom is 0.139 e. The van der Waals surface area contributed by atoms with Gasteiger partial charge in [-0.3, -0.25) is 4.21 Å². The van der Waals surface area contributed by atoms with Gasteiger partial charge >= 0.3 is 0 Å². The molecule has 0 amide bonds. The van der Waals surface area contributed by atoms with Crippen LogP contribution in [0.1, 0.15) is 31.3 Å². The minimum absolute atomic E-state index is 0.0528. The predicted molar refractivity (Wildman–Crippen MR) is 84.2 cm³/mol. The van der Waals surface area contributed by atoms with Gasteiger partial charge in [-0.25, -0.2) is 14.3 Å². The number of nitrogens with one attached hydrogen (secondary N) is 1. The van der Waals surface area contributed by atoms with Crippen LogP contribution in [0.4, 0.5) is 0 Å². The first-order valence-corrected chi connectivity index (χ1v) is 8.45. The SMILES string of the molecule is C[C@@H](O)c1nc2cnc3[nH]ccc3c2n1C1CCN(S(=O)[O-])C1. The van der Waals surface area contributed by atoms with Crippen molar-refractivity contribution in [2.75, 3.05) is 13.1 Å². The van der Waals surface area contributed by atoms with Gasteiger partial charge < -0.3 is 19.2 Å². The Balaban J connectivity index is 1.94. The lowest BCUT2D eigenvalue weighted by Crippen LogP contribution is -2.24. The third-order valence-corrected chi connectivity index (χ3v) is 5.09. The van der Waals surface area contributed by atoms with Gasteiger partial charge in [-0.05, 0) is 19.4 Å². The van der Waals surface area contributed by atoms with Gasteiger partial charge in [0.2, 0.25) is 0 Å². The van der Waals surface area contributed by atoms with Crippen molar-refractivity contribution in [2.45, 2.75) is 25.5 Å². The fourth-order valence-electron chi connectivity index (χ4n) is 3.33. The Morgan fingerprint density at radius 2 is 2.39 bits per heavy atom. The molecule has 2 N–H and O–H groups in total. The quantitative estimate of drug-likeness (QED) is 0.695. The van der Waals surface area contributed by atoms with Gasteiger partial charge in [-0.1, -0.05) is 0 Å². The van der Waals surface area contributed by atoms with Crippen molar-refractivity contribution >= 4 is 33.3 Å². The summed E-state index contributed by atoms with van der Waals surface area (Å²) in [6.45, 7) is 2.52. The van der Waals surface area contributed by atoms with E-state index in [2.05, 4.69) is 15.0 Å². The molecule has 23 heavy (non-hydrogen) atoms. The first-order valence-electron chi connectivity index (χ1n) is 7.42. The summed E-state index contributed by atoms with van der Waals surface area (Å²) >= 11 is -2.23. The molecule has 1 aliphatic heterocycles. The second-order valence-corrected chi connectivity index (χ2v) is 6.75. The highest BCUT2D eigenvalue weighted by Gasteiger charge is 2.29. The van der Waals surface area contributed by atoms with Gasteiger partial charge in [0, 0.05) is 35.9 Å². The topological polar surface area (TPSA) is 110 Å². The van der Waals surface area contributed by atoms with Crippen LogP contribution in [0.25, 0.3) is 22.1 Å². The number of H-pyrrole nitrogens is 1. The summed E-state index contributed by atoms with van der Waals surface area (Å²) in [5, 5.41) is 11.0. The lowest BCUT2D eigenvalue weighted by molar-refractivity contribution is 0.182. The van der Waals surface area contributed by atoms with E-state index in [-0.39, 0.29) is 6.04 Å². The molecule has 4 rings (SSSR count). The molecule has 8 nitrogen and oxygen atoms in total. The Morgan fingerprint density at radius 1 is 1.57 bits per heavy atom. The van der Waals surface area contributed by atoms with Gasteiger partial charge in [0.1, 0.15) is 23.1 Å². The first-order chi connectivity index (χ1) is 11.1. The number of rotatable bonds is 3. The van der Waals surface area contributed by atoms with E-state index < -0.39 is 17.4 Å². The summed E-state index contributed by atoms with van der Waals surface area (Å²) in [7, 11) is 0. The van der Waals surface area contributed by atoms with E-state index in [0.717, 1.165) is 16.6 Å². The highest BCUT2D eigenvalue weighted by molar-refractivity contribution is 7.76.